The molecule has 3 rings (SSSR count). The molecule has 154 valence electrons. The van der Waals surface area contributed by atoms with Gasteiger partial charge in [-0.2, -0.15) is 0 Å². The normalized spacial score (nSPS) is 12.5. The minimum atomic E-state index is -1.17. The number of pyridine rings is 2. The molecule has 0 bridgehead atoms. The molecule has 0 saturated heterocycles. The number of nitrogens with zero attached hydrogens (tertiary/aromatic N) is 3. The van der Waals surface area contributed by atoms with Crippen LogP contribution in [0.15, 0.2) is 33.7 Å². The summed E-state index contributed by atoms with van der Waals surface area (Å²) in [5, 5.41) is 12.8. The van der Waals surface area contributed by atoms with E-state index in [1.807, 2.05) is 39.8 Å². The lowest BCUT2D eigenvalue weighted by Gasteiger charge is -2.27. The number of benzene rings is 1. The summed E-state index contributed by atoms with van der Waals surface area (Å²) >= 11 is 3.49. The van der Waals surface area contributed by atoms with Crippen molar-refractivity contribution < 1.29 is 14.7 Å². The van der Waals surface area contributed by atoms with Gasteiger partial charge in [0.05, 0.1) is 27.1 Å². The van der Waals surface area contributed by atoms with Crippen LogP contribution in [0.4, 0.5) is 4.79 Å². The molecule has 1 aromatic carbocycles. The van der Waals surface area contributed by atoms with Crippen molar-refractivity contribution in [3.8, 4) is 5.75 Å². The highest BCUT2D eigenvalue weighted by Gasteiger charge is 2.24. The molecule has 7 nitrogen and oxygen atoms in total. The summed E-state index contributed by atoms with van der Waals surface area (Å²) in [6.07, 6.45) is 1.17. The number of carbonyl (C=O) groups is 1. The minimum absolute atomic E-state index is 0.158. The number of aryl methyl sites for hydroxylation is 2. The Morgan fingerprint density at radius 2 is 2.00 bits per heavy atom. The van der Waals surface area contributed by atoms with E-state index in [9.17, 15) is 14.7 Å². The molecule has 3 aromatic rings. The number of carboxylic acid groups (broad SMARTS) is 1. The van der Waals surface area contributed by atoms with Gasteiger partial charge in [-0.3, -0.25) is 9.78 Å². The number of hydroxylamine groups is 2. The molecule has 2 aromatic heterocycles. The van der Waals surface area contributed by atoms with Crippen molar-refractivity contribution in [3.05, 3.63) is 44.9 Å². The quantitative estimate of drug-likeness (QED) is 0.432. The molecule has 0 spiro atoms. The number of hydrogen-bond donors (Lipinski definition) is 1. The molecule has 0 aliphatic heterocycles. The SMILES string of the molecule is Cc1nccc2c1c(=O)n(C)c1cc(ON(C(=O)O)C(C)CC(C)C)c(Br)cc21. The predicted octanol–water partition coefficient (Wildman–Crippen LogP) is 4.87. The van der Waals surface area contributed by atoms with Gasteiger partial charge in [-0.05, 0) is 59.6 Å². The number of amides is 1. The van der Waals surface area contributed by atoms with Crippen molar-refractivity contribution in [1.82, 2.24) is 14.6 Å². The lowest BCUT2D eigenvalue weighted by atomic mass is 10.1. The molecule has 1 amide bonds. The van der Waals surface area contributed by atoms with Gasteiger partial charge >= 0.3 is 6.09 Å². The van der Waals surface area contributed by atoms with Crippen LogP contribution in [0.25, 0.3) is 21.7 Å². The van der Waals surface area contributed by atoms with Crippen molar-refractivity contribution in [1.29, 1.82) is 0 Å². The Hall–Kier alpha value is -2.61. The van der Waals surface area contributed by atoms with Gasteiger partial charge in [0.25, 0.3) is 5.56 Å². The van der Waals surface area contributed by atoms with Gasteiger partial charge in [0.2, 0.25) is 0 Å². The second-order valence-corrected chi connectivity index (χ2v) is 8.52. The molecule has 1 atom stereocenters. The first-order valence-electron chi connectivity index (χ1n) is 9.39. The highest BCUT2D eigenvalue weighted by atomic mass is 79.9. The molecule has 0 aliphatic rings. The monoisotopic (exact) mass is 461 g/mol. The van der Waals surface area contributed by atoms with Crippen LogP contribution in [0, 0.1) is 12.8 Å². The Morgan fingerprint density at radius 1 is 1.31 bits per heavy atom. The van der Waals surface area contributed by atoms with Crippen LogP contribution in [0.5, 0.6) is 5.75 Å². The summed E-state index contributed by atoms with van der Waals surface area (Å²) in [4.78, 5) is 34.6. The summed E-state index contributed by atoms with van der Waals surface area (Å²) in [5.41, 5.74) is 1.16. The van der Waals surface area contributed by atoms with Crippen LogP contribution in [0.2, 0.25) is 0 Å². The Morgan fingerprint density at radius 3 is 2.62 bits per heavy atom. The molecule has 1 N–H and O–H groups in total. The zero-order valence-corrected chi connectivity index (χ0v) is 18.6. The zero-order chi connectivity index (χ0) is 21.5. The van der Waals surface area contributed by atoms with Crippen LogP contribution in [-0.4, -0.2) is 31.9 Å². The maximum atomic E-state index is 12.9. The van der Waals surface area contributed by atoms with Gasteiger partial charge in [0, 0.05) is 24.7 Å². The topological polar surface area (TPSA) is 84.7 Å². The molecular weight excluding hydrogens is 438 g/mol. The van der Waals surface area contributed by atoms with E-state index < -0.39 is 6.09 Å². The third-order valence-electron chi connectivity index (χ3n) is 4.96. The first-order chi connectivity index (χ1) is 13.6. The van der Waals surface area contributed by atoms with Gasteiger partial charge in [-0.25, -0.2) is 4.79 Å². The molecule has 0 aliphatic carbocycles. The molecule has 1 unspecified atom stereocenters. The third-order valence-corrected chi connectivity index (χ3v) is 5.58. The Labute approximate surface area is 177 Å². The first kappa shape index (κ1) is 21.1. The van der Waals surface area contributed by atoms with E-state index in [0.29, 0.717) is 39.2 Å². The third kappa shape index (κ3) is 3.94. The van der Waals surface area contributed by atoms with E-state index in [1.165, 1.54) is 4.57 Å². The van der Waals surface area contributed by atoms with Crippen molar-refractivity contribution in [3.63, 3.8) is 0 Å². The summed E-state index contributed by atoms with van der Waals surface area (Å²) in [7, 11) is 1.69. The average molecular weight is 462 g/mol. The highest BCUT2D eigenvalue weighted by Crippen LogP contribution is 2.34. The fraction of sp³-hybridized carbons (Fsp3) is 0.381. The Bertz CT molecular complexity index is 1160. The average Bonchev–Trinajstić information content (AvgIpc) is 2.63. The number of fused-ring (bicyclic) bond motifs is 3. The first-order valence-corrected chi connectivity index (χ1v) is 10.2. The second-order valence-electron chi connectivity index (χ2n) is 7.66. The molecule has 0 fully saturated rings. The number of rotatable bonds is 5. The predicted molar refractivity (Wildman–Crippen MR) is 116 cm³/mol. The second kappa shape index (κ2) is 8.02. The van der Waals surface area contributed by atoms with Crippen LogP contribution < -0.4 is 10.4 Å². The minimum Gasteiger partial charge on any atom is -0.463 e. The van der Waals surface area contributed by atoms with E-state index in [0.717, 1.165) is 15.8 Å². The summed E-state index contributed by atoms with van der Waals surface area (Å²) in [6.45, 7) is 7.67. The maximum Gasteiger partial charge on any atom is 0.440 e. The molecule has 8 heteroatoms. The molecule has 0 radical (unpaired) electrons. The largest absolute Gasteiger partial charge is 0.463 e. The van der Waals surface area contributed by atoms with Crippen LogP contribution in [0.3, 0.4) is 0 Å². The van der Waals surface area contributed by atoms with Gasteiger partial charge in [0.15, 0.2) is 5.75 Å². The number of aromatic nitrogens is 2. The van der Waals surface area contributed by atoms with Gasteiger partial charge in [0.1, 0.15) is 0 Å². The van der Waals surface area contributed by atoms with Gasteiger partial charge < -0.3 is 14.5 Å². The van der Waals surface area contributed by atoms with Crippen molar-refractivity contribution >= 4 is 43.7 Å². The van der Waals surface area contributed by atoms with E-state index in [-0.39, 0.29) is 11.6 Å². The molecule has 29 heavy (non-hydrogen) atoms. The molecular formula is C21H24BrN3O4. The molecule has 2 heterocycles. The van der Waals surface area contributed by atoms with E-state index in [1.54, 1.807) is 19.3 Å². The van der Waals surface area contributed by atoms with Gasteiger partial charge in [-0.1, -0.05) is 13.8 Å². The maximum absolute atomic E-state index is 12.9. The van der Waals surface area contributed by atoms with E-state index in [4.69, 9.17) is 4.84 Å². The lowest BCUT2D eigenvalue weighted by molar-refractivity contribution is -0.0686. The highest BCUT2D eigenvalue weighted by molar-refractivity contribution is 9.10. The van der Waals surface area contributed by atoms with Crippen molar-refractivity contribution in [2.24, 2.45) is 13.0 Å². The number of halogens is 1. The number of hydrogen-bond acceptors (Lipinski definition) is 4. The zero-order valence-electron chi connectivity index (χ0n) is 17.1. The fourth-order valence-electron chi connectivity index (χ4n) is 3.65. The smallest absolute Gasteiger partial charge is 0.440 e. The van der Waals surface area contributed by atoms with Crippen molar-refractivity contribution in [2.45, 2.75) is 40.2 Å². The fourth-order valence-corrected chi connectivity index (χ4v) is 4.06. The van der Waals surface area contributed by atoms with E-state index >= 15 is 0 Å². The van der Waals surface area contributed by atoms with Crippen LogP contribution >= 0.6 is 15.9 Å². The van der Waals surface area contributed by atoms with Crippen molar-refractivity contribution in [2.75, 3.05) is 0 Å². The van der Waals surface area contributed by atoms with Gasteiger partial charge in [-0.15, -0.1) is 5.06 Å². The summed E-state index contributed by atoms with van der Waals surface area (Å²) in [6, 6.07) is 5.02. The summed E-state index contributed by atoms with van der Waals surface area (Å²) < 4.78 is 2.14. The van der Waals surface area contributed by atoms with Crippen LogP contribution in [-0.2, 0) is 7.05 Å². The Balaban J connectivity index is 2.17. The standard InChI is InChI=1S/C21H24BrN3O4/c1-11(2)8-12(3)25(21(27)28)29-18-10-17-15(9-16(18)22)14-6-7-23-13(4)19(14)20(26)24(17)5/h6-7,9-12H,8H2,1-5H3,(H,27,28). The van der Waals surface area contributed by atoms with Crippen LogP contribution in [0.1, 0.15) is 32.9 Å². The summed E-state index contributed by atoms with van der Waals surface area (Å²) in [5.74, 6) is 0.648. The van der Waals surface area contributed by atoms with E-state index in [2.05, 4.69) is 20.9 Å². The molecule has 0 saturated carbocycles. The Kier molecular flexibility index (Phi) is 5.84. The lowest BCUT2D eigenvalue weighted by Crippen LogP contribution is -2.41.